The van der Waals surface area contributed by atoms with Gasteiger partial charge in [-0.25, -0.2) is 0 Å². The zero-order valence-corrected chi connectivity index (χ0v) is 12.7. The van der Waals surface area contributed by atoms with Gasteiger partial charge in [-0.15, -0.1) is 0 Å². The van der Waals surface area contributed by atoms with Crippen LogP contribution in [0.15, 0.2) is 24.3 Å². The first-order valence-electron chi connectivity index (χ1n) is 7.22. The number of hydrogen-bond acceptors (Lipinski definition) is 3. The third-order valence-corrected chi connectivity index (χ3v) is 4.02. The highest BCUT2D eigenvalue weighted by molar-refractivity contribution is 5.84. The number of hydrogen-bond donors (Lipinski definition) is 1. The standard InChI is InChI=1S/C16H24N2O2/c1-5-13(10-20-4)18-15(17-12(3)16(18)19)14-9-7-6-8-11(14)2/h6-9,12-13,15,17H,5,10H2,1-4H3. The van der Waals surface area contributed by atoms with E-state index in [-0.39, 0.29) is 24.2 Å². The van der Waals surface area contributed by atoms with Gasteiger partial charge in [0.25, 0.3) is 0 Å². The van der Waals surface area contributed by atoms with E-state index < -0.39 is 0 Å². The minimum atomic E-state index is -0.148. The third-order valence-electron chi connectivity index (χ3n) is 4.02. The molecule has 1 aliphatic rings. The Morgan fingerprint density at radius 3 is 2.70 bits per heavy atom. The molecule has 3 atom stereocenters. The summed E-state index contributed by atoms with van der Waals surface area (Å²) in [6.45, 7) is 6.67. The predicted molar refractivity (Wildman–Crippen MR) is 79.3 cm³/mol. The average Bonchev–Trinajstić information content (AvgIpc) is 2.73. The summed E-state index contributed by atoms with van der Waals surface area (Å²) in [6.07, 6.45) is 0.829. The molecule has 3 unspecified atom stereocenters. The van der Waals surface area contributed by atoms with Gasteiger partial charge in [-0.2, -0.15) is 0 Å². The lowest BCUT2D eigenvalue weighted by molar-refractivity contribution is -0.133. The Morgan fingerprint density at radius 1 is 1.40 bits per heavy atom. The molecule has 0 saturated carbocycles. The highest BCUT2D eigenvalue weighted by Gasteiger charge is 2.40. The Labute approximate surface area is 121 Å². The number of nitrogens with zero attached hydrogens (tertiary/aromatic N) is 1. The maximum absolute atomic E-state index is 12.5. The van der Waals surface area contributed by atoms with Crippen LogP contribution in [0, 0.1) is 6.92 Å². The quantitative estimate of drug-likeness (QED) is 0.896. The number of nitrogens with one attached hydrogen (secondary N) is 1. The molecule has 0 aliphatic carbocycles. The molecule has 1 aromatic rings. The molecule has 1 aliphatic heterocycles. The van der Waals surface area contributed by atoms with E-state index in [1.807, 2.05) is 24.0 Å². The van der Waals surface area contributed by atoms with E-state index >= 15 is 0 Å². The van der Waals surface area contributed by atoms with E-state index in [9.17, 15) is 4.79 Å². The summed E-state index contributed by atoms with van der Waals surface area (Å²) in [5.74, 6) is 0.155. The zero-order valence-electron chi connectivity index (χ0n) is 12.7. The molecule has 110 valence electrons. The van der Waals surface area contributed by atoms with E-state index in [1.165, 1.54) is 11.1 Å². The number of carbonyl (C=O) groups is 1. The number of amides is 1. The smallest absolute Gasteiger partial charge is 0.241 e. The lowest BCUT2D eigenvalue weighted by Gasteiger charge is -2.32. The van der Waals surface area contributed by atoms with Crippen LogP contribution in [-0.4, -0.2) is 36.6 Å². The molecule has 0 bridgehead atoms. The lowest BCUT2D eigenvalue weighted by Crippen LogP contribution is -2.42. The van der Waals surface area contributed by atoms with Crippen LogP contribution in [0.2, 0.25) is 0 Å². The largest absolute Gasteiger partial charge is 0.383 e. The van der Waals surface area contributed by atoms with E-state index in [1.54, 1.807) is 7.11 Å². The monoisotopic (exact) mass is 276 g/mol. The van der Waals surface area contributed by atoms with Crippen LogP contribution in [-0.2, 0) is 9.53 Å². The predicted octanol–water partition coefficient (Wildman–Crippen LogP) is 2.24. The van der Waals surface area contributed by atoms with Crippen LogP contribution in [0.5, 0.6) is 0 Å². The number of benzene rings is 1. The molecule has 1 heterocycles. The van der Waals surface area contributed by atoms with Gasteiger partial charge in [0.05, 0.1) is 18.7 Å². The van der Waals surface area contributed by atoms with Crippen molar-refractivity contribution in [1.82, 2.24) is 10.2 Å². The summed E-state index contributed by atoms with van der Waals surface area (Å²) in [7, 11) is 1.68. The van der Waals surface area contributed by atoms with Crippen LogP contribution in [0.3, 0.4) is 0 Å². The summed E-state index contributed by atoms with van der Waals surface area (Å²) in [4.78, 5) is 14.4. The topological polar surface area (TPSA) is 41.6 Å². The summed E-state index contributed by atoms with van der Waals surface area (Å²) < 4.78 is 5.28. The Bertz CT molecular complexity index is 475. The molecule has 0 spiro atoms. The van der Waals surface area contributed by atoms with Crippen molar-refractivity contribution in [2.24, 2.45) is 0 Å². The van der Waals surface area contributed by atoms with Gasteiger partial charge < -0.3 is 9.64 Å². The van der Waals surface area contributed by atoms with Crippen molar-refractivity contribution in [3.05, 3.63) is 35.4 Å². The van der Waals surface area contributed by atoms with Crippen LogP contribution in [0.25, 0.3) is 0 Å². The van der Waals surface area contributed by atoms with Crippen LogP contribution >= 0.6 is 0 Å². The van der Waals surface area contributed by atoms with Gasteiger partial charge in [-0.1, -0.05) is 31.2 Å². The molecule has 0 aromatic heterocycles. The van der Waals surface area contributed by atoms with E-state index in [4.69, 9.17) is 4.74 Å². The van der Waals surface area contributed by atoms with Gasteiger partial charge in [0.15, 0.2) is 0 Å². The first kappa shape index (κ1) is 15.0. The van der Waals surface area contributed by atoms with Crippen molar-refractivity contribution in [2.75, 3.05) is 13.7 Å². The maximum atomic E-state index is 12.5. The van der Waals surface area contributed by atoms with Gasteiger partial charge in [0.2, 0.25) is 5.91 Å². The number of carbonyl (C=O) groups excluding carboxylic acids is 1. The van der Waals surface area contributed by atoms with Gasteiger partial charge in [0.1, 0.15) is 6.17 Å². The molecule has 20 heavy (non-hydrogen) atoms. The van der Waals surface area contributed by atoms with Crippen molar-refractivity contribution < 1.29 is 9.53 Å². The molecule has 4 nitrogen and oxygen atoms in total. The molecule has 0 radical (unpaired) electrons. The number of rotatable bonds is 5. The second-order valence-corrected chi connectivity index (χ2v) is 5.41. The Kier molecular flexibility index (Phi) is 4.78. The average molecular weight is 276 g/mol. The van der Waals surface area contributed by atoms with Crippen LogP contribution in [0.4, 0.5) is 0 Å². The SMILES string of the molecule is CCC(COC)N1C(=O)C(C)NC1c1ccccc1C. The molecule has 2 rings (SSSR count). The minimum absolute atomic E-state index is 0.0567. The fraction of sp³-hybridized carbons (Fsp3) is 0.562. The normalized spacial score (nSPS) is 24.2. The van der Waals surface area contributed by atoms with Gasteiger partial charge in [-0.3, -0.25) is 10.1 Å². The highest BCUT2D eigenvalue weighted by atomic mass is 16.5. The Hall–Kier alpha value is -1.39. The second kappa shape index (κ2) is 6.37. The van der Waals surface area contributed by atoms with E-state index in [0.717, 1.165) is 6.42 Å². The van der Waals surface area contributed by atoms with Crippen molar-refractivity contribution in [3.8, 4) is 0 Å². The highest BCUT2D eigenvalue weighted by Crippen LogP contribution is 2.30. The molecule has 4 heteroatoms. The van der Waals surface area contributed by atoms with Crippen molar-refractivity contribution >= 4 is 5.91 Å². The van der Waals surface area contributed by atoms with Crippen LogP contribution < -0.4 is 5.32 Å². The first-order valence-corrected chi connectivity index (χ1v) is 7.22. The molecule has 1 N–H and O–H groups in total. The third kappa shape index (κ3) is 2.72. The maximum Gasteiger partial charge on any atom is 0.241 e. The summed E-state index contributed by atoms with van der Waals surface area (Å²) in [5, 5.41) is 3.40. The minimum Gasteiger partial charge on any atom is -0.383 e. The molecular weight excluding hydrogens is 252 g/mol. The number of ether oxygens (including phenoxy) is 1. The Balaban J connectivity index is 2.35. The number of aryl methyl sites for hydroxylation is 1. The Morgan fingerprint density at radius 2 is 2.10 bits per heavy atom. The van der Waals surface area contributed by atoms with E-state index in [0.29, 0.717) is 6.61 Å². The van der Waals surface area contributed by atoms with Crippen LogP contribution in [0.1, 0.15) is 37.6 Å². The molecule has 1 amide bonds. The van der Waals surface area contributed by atoms with E-state index in [2.05, 4.69) is 31.3 Å². The molecule has 1 aromatic carbocycles. The fourth-order valence-corrected chi connectivity index (χ4v) is 2.85. The summed E-state index contributed by atoms with van der Waals surface area (Å²) in [5.41, 5.74) is 2.36. The molecule has 1 fully saturated rings. The number of methoxy groups -OCH3 is 1. The van der Waals surface area contributed by atoms with Gasteiger partial charge in [0, 0.05) is 7.11 Å². The summed E-state index contributed by atoms with van der Waals surface area (Å²) in [6, 6.07) is 8.17. The first-order chi connectivity index (χ1) is 9.60. The fourth-order valence-electron chi connectivity index (χ4n) is 2.85. The summed E-state index contributed by atoms with van der Waals surface area (Å²) >= 11 is 0. The van der Waals surface area contributed by atoms with Crippen molar-refractivity contribution in [3.63, 3.8) is 0 Å². The lowest BCUT2D eigenvalue weighted by atomic mass is 10.0. The second-order valence-electron chi connectivity index (χ2n) is 5.41. The molecular formula is C16H24N2O2. The van der Waals surface area contributed by atoms with Crippen molar-refractivity contribution in [1.29, 1.82) is 0 Å². The zero-order chi connectivity index (χ0) is 14.7. The molecule has 1 saturated heterocycles. The van der Waals surface area contributed by atoms with Crippen molar-refractivity contribution in [2.45, 2.75) is 45.4 Å². The van der Waals surface area contributed by atoms with Gasteiger partial charge in [-0.05, 0) is 31.4 Å². The van der Waals surface area contributed by atoms with Gasteiger partial charge >= 0.3 is 0 Å².